The number of nitrogens with one attached hydrogen (secondary N) is 1. The smallest absolute Gasteiger partial charge is 0.311 e. The fourth-order valence-electron chi connectivity index (χ4n) is 1.99. The van der Waals surface area contributed by atoms with Crippen molar-refractivity contribution in [3.63, 3.8) is 0 Å². The van der Waals surface area contributed by atoms with Crippen molar-refractivity contribution < 1.29 is 19.3 Å². The molecule has 0 unspecified atom stereocenters. The molecule has 1 N–H and O–H groups in total. The van der Waals surface area contributed by atoms with E-state index in [-0.39, 0.29) is 22.9 Å². The van der Waals surface area contributed by atoms with Gasteiger partial charge in [-0.25, -0.2) is 0 Å². The number of rotatable bonds is 6. The van der Waals surface area contributed by atoms with Crippen molar-refractivity contribution >= 4 is 17.3 Å². The third-order valence-electron chi connectivity index (χ3n) is 3.05. The Kier molecular flexibility index (Phi) is 5.45. The largest absolute Gasteiger partial charge is 0.449 e. The lowest BCUT2D eigenvalue weighted by molar-refractivity contribution is -0.385. The maximum absolute atomic E-state index is 12.0. The average molecular weight is 329 g/mol. The second-order valence-electron chi connectivity index (χ2n) is 4.52. The number of nitrogens with zero attached hydrogens (tertiary/aromatic N) is 2. The molecule has 0 saturated heterocycles. The van der Waals surface area contributed by atoms with Crippen molar-refractivity contribution in [1.29, 1.82) is 0 Å². The molecule has 1 amide bonds. The summed E-state index contributed by atoms with van der Waals surface area (Å²) in [5, 5.41) is 17.3. The second-order valence-corrected chi connectivity index (χ2v) is 4.52. The number of hydrogen-bond donors (Lipinski definition) is 1. The van der Waals surface area contributed by atoms with Crippen LogP contribution in [0.15, 0.2) is 53.7 Å². The Hall–Kier alpha value is -3.42. The van der Waals surface area contributed by atoms with Crippen molar-refractivity contribution in [2.45, 2.75) is 0 Å². The van der Waals surface area contributed by atoms with Gasteiger partial charge in [-0.3, -0.25) is 14.9 Å². The summed E-state index contributed by atoms with van der Waals surface area (Å²) in [6.07, 6.45) is 0. The fourth-order valence-corrected chi connectivity index (χ4v) is 1.99. The van der Waals surface area contributed by atoms with Gasteiger partial charge < -0.3 is 14.9 Å². The van der Waals surface area contributed by atoms with Crippen LogP contribution in [0.1, 0.15) is 5.56 Å². The van der Waals surface area contributed by atoms with E-state index in [0.717, 1.165) is 0 Å². The van der Waals surface area contributed by atoms with Crippen LogP contribution in [-0.2, 0) is 9.63 Å². The minimum absolute atomic E-state index is 0.00539. The van der Waals surface area contributed by atoms with E-state index in [4.69, 9.17) is 9.57 Å². The van der Waals surface area contributed by atoms with Crippen molar-refractivity contribution in [1.82, 2.24) is 5.32 Å². The van der Waals surface area contributed by atoms with Gasteiger partial charge in [-0.2, -0.15) is 0 Å². The number of para-hydroxylation sites is 3. The predicted octanol–water partition coefficient (Wildman–Crippen LogP) is 2.48. The van der Waals surface area contributed by atoms with Gasteiger partial charge in [0.2, 0.25) is 5.75 Å². The summed E-state index contributed by atoms with van der Waals surface area (Å²) in [6, 6.07) is 12.5. The molecule has 0 atom stereocenters. The molecule has 0 aliphatic heterocycles. The number of hydrogen-bond acceptors (Lipinski definition) is 6. The van der Waals surface area contributed by atoms with Crippen LogP contribution in [0, 0.1) is 10.1 Å². The minimum atomic E-state index is -0.541. The molecule has 8 nitrogen and oxygen atoms in total. The Bertz CT molecular complexity index is 789. The number of amides is 1. The van der Waals surface area contributed by atoms with Gasteiger partial charge in [-0.05, 0) is 18.2 Å². The van der Waals surface area contributed by atoms with Gasteiger partial charge in [0.15, 0.2) is 5.71 Å². The van der Waals surface area contributed by atoms with Crippen LogP contribution in [0.5, 0.6) is 11.5 Å². The van der Waals surface area contributed by atoms with E-state index in [9.17, 15) is 14.9 Å². The van der Waals surface area contributed by atoms with Crippen molar-refractivity contribution in [2.75, 3.05) is 14.2 Å². The maximum atomic E-state index is 12.0. The fraction of sp³-hybridized carbons (Fsp3) is 0.125. The average Bonchev–Trinajstić information content (AvgIpc) is 2.60. The molecule has 0 spiro atoms. The molecule has 24 heavy (non-hydrogen) atoms. The van der Waals surface area contributed by atoms with E-state index >= 15 is 0 Å². The highest BCUT2D eigenvalue weighted by Crippen LogP contribution is 2.32. The molecule has 0 aliphatic rings. The molecular formula is C16H15N3O5. The van der Waals surface area contributed by atoms with E-state index in [1.807, 2.05) is 0 Å². The molecule has 0 bridgehead atoms. The molecule has 0 aromatic heterocycles. The van der Waals surface area contributed by atoms with Crippen LogP contribution in [0.2, 0.25) is 0 Å². The molecule has 0 heterocycles. The van der Waals surface area contributed by atoms with Crippen LogP contribution in [0.3, 0.4) is 0 Å². The lowest BCUT2D eigenvalue weighted by Gasteiger charge is -2.12. The first-order chi connectivity index (χ1) is 11.6. The summed E-state index contributed by atoms with van der Waals surface area (Å²) in [5.41, 5.74) is 0.156. The molecular weight excluding hydrogens is 314 g/mol. The van der Waals surface area contributed by atoms with Crippen molar-refractivity contribution in [3.05, 3.63) is 64.2 Å². The van der Waals surface area contributed by atoms with Gasteiger partial charge in [-0.15, -0.1) is 0 Å². The maximum Gasteiger partial charge on any atom is 0.311 e. The number of nitro benzene ring substituents is 1. The zero-order valence-corrected chi connectivity index (χ0v) is 13.1. The van der Waals surface area contributed by atoms with Crippen LogP contribution >= 0.6 is 0 Å². The van der Waals surface area contributed by atoms with Crippen molar-refractivity contribution in [3.8, 4) is 11.5 Å². The molecule has 2 rings (SSSR count). The first kappa shape index (κ1) is 16.9. The molecule has 0 saturated carbocycles. The number of carbonyl (C=O) groups excluding carboxylic acids is 1. The summed E-state index contributed by atoms with van der Waals surface area (Å²) in [5.74, 6) is -0.176. The highest BCUT2D eigenvalue weighted by atomic mass is 16.6. The highest BCUT2D eigenvalue weighted by molar-refractivity contribution is 6.45. The summed E-state index contributed by atoms with van der Waals surface area (Å²) >= 11 is 0. The predicted molar refractivity (Wildman–Crippen MR) is 87.2 cm³/mol. The van der Waals surface area contributed by atoms with E-state index in [1.54, 1.807) is 36.4 Å². The monoisotopic (exact) mass is 329 g/mol. The van der Waals surface area contributed by atoms with E-state index in [2.05, 4.69) is 10.5 Å². The molecule has 0 radical (unpaired) electrons. The van der Waals surface area contributed by atoms with Gasteiger partial charge in [0, 0.05) is 13.1 Å². The Morgan fingerprint density at radius 2 is 1.75 bits per heavy atom. The summed E-state index contributed by atoms with van der Waals surface area (Å²) in [6.45, 7) is 0. The van der Waals surface area contributed by atoms with Crippen LogP contribution < -0.4 is 10.1 Å². The Morgan fingerprint density at radius 3 is 2.38 bits per heavy atom. The van der Waals surface area contributed by atoms with Crippen LogP contribution in [0.4, 0.5) is 5.69 Å². The third kappa shape index (κ3) is 3.67. The molecule has 2 aromatic rings. The third-order valence-corrected chi connectivity index (χ3v) is 3.05. The summed E-state index contributed by atoms with van der Waals surface area (Å²) in [7, 11) is 2.77. The van der Waals surface area contributed by atoms with Crippen LogP contribution in [-0.4, -0.2) is 30.7 Å². The summed E-state index contributed by atoms with van der Waals surface area (Å²) < 4.78 is 5.67. The number of benzene rings is 2. The Balaban J connectivity index is 2.49. The van der Waals surface area contributed by atoms with Gasteiger partial charge >= 0.3 is 5.69 Å². The number of likely N-dealkylation sites (N-methyl/N-ethyl adjacent to an activating group) is 1. The molecule has 124 valence electrons. The zero-order valence-electron chi connectivity index (χ0n) is 13.1. The lowest BCUT2D eigenvalue weighted by Crippen LogP contribution is -2.28. The first-order valence-corrected chi connectivity index (χ1v) is 6.92. The highest BCUT2D eigenvalue weighted by Gasteiger charge is 2.21. The lowest BCUT2D eigenvalue weighted by atomic mass is 10.1. The molecule has 2 aromatic carbocycles. The molecule has 0 fully saturated rings. The van der Waals surface area contributed by atoms with Gasteiger partial charge in [0.1, 0.15) is 12.9 Å². The van der Waals surface area contributed by atoms with Gasteiger partial charge in [0.05, 0.1) is 10.5 Å². The Morgan fingerprint density at radius 1 is 1.12 bits per heavy atom. The van der Waals surface area contributed by atoms with E-state index in [1.165, 1.54) is 26.3 Å². The molecule has 8 heteroatoms. The van der Waals surface area contributed by atoms with Crippen molar-refractivity contribution in [2.24, 2.45) is 5.16 Å². The molecule has 0 aliphatic carbocycles. The summed E-state index contributed by atoms with van der Waals surface area (Å²) in [4.78, 5) is 27.3. The van der Waals surface area contributed by atoms with Crippen LogP contribution in [0.25, 0.3) is 0 Å². The van der Waals surface area contributed by atoms with E-state index < -0.39 is 10.8 Å². The number of carbonyl (C=O) groups is 1. The van der Waals surface area contributed by atoms with Gasteiger partial charge in [-0.1, -0.05) is 29.4 Å². The standard InChI is InChI=1S/C16H15N3O5/c1-17-16(20)15(18-23-2)11-7-3-5-9-13(11)24-14-10-6-4-8-12(14)19(21)22/h3-10H,1-2H3,(H,17,20)/b18-15-. The second kappa shape index (κ2) is 7.73. The minimum Gasteiger partial charge on any atom is -0.449 e. The van der Waals surface area contributed by atoms with E-state index in [0.29, 0.717) is 5.56 Å². The number of oxime groups is 1. The normalized spacial score (nSPS) is 10.8. The Labute approximate surface area is 137 Å². The SMILES string of the molecule is CNC(=O)/C(=N\OC)c1ccccc1Oc1ccccc1[N+](=O)[O-]. The quantitative estimate of drug-likeness (QED) is 0.498. The van der Waals surface area contributed by atoms with Gasteiger partial charge in [0.25, 0.3) is 5.91 Å². The number of ether oxygens (including phenoxy) is 1. The first-order valence-electron chi connectivity index (χ1n) is 6.92. The topological polar surface area (TPSA) is 103 Å². The number of nitro groups is 1. The zero-order chi connectivity index (χ0) is 17.5.